The number of carbonyl (C=O) groups excluding carboxylic acids is 2. The Bertz CT molecular complexity index is 1740. The van der Waals surface area contributed by atoms with Gasteiger partial charge in [0.25, 0.3) is 0 Å². The Labute approximate surface area is 292 Å². The molecule has 10 nitrogen and oxygen atoms in total. The van der Waals surface area contributed by atoms with Gasteiger partial charge in [-0.05, 0) is 73.8 Å². The standard InChI is InChI=1S/C35H35Cl2N3O7S/c1-44-29-10-8-23(16-31(29)45-2)30(17-26-27(36)19-39(43)20-28(26)37)46-34(41)33-11-9-25(48-33)18-40(24-6-4-3-5-7-24)35(42)47-32-21-38-14-12-22(32)13-15-38/h3-11,16,19-20,22,30,32H,12-15,17-18,21H2,1-2H3/t30?,32-/m0/s1. The van der Waals surface area contributed by atoms with Gasteiger partial charge < -0.3 is 24.2 Å². The van der Waals surface area contributed by atoms with Crippen molar-refractivity contribution in [3.05, 3.63) is 109 Å². The van der Waals surface area contributed by atoms with Gasteiger partial charge in [-0.2, -0.15) is 4.73 Å². The average Bonchev–Trinajstić information content (AvgIpc) is 3.57. The minimum atomic E-state index is -0.849. The number of pyridine rings is 1. The lowest BCUT2D eigenvalue weighted by Crippen LogP contribution is -2.53. The van der Waals surface area contributed by atoms with E-state index in [1.165, 1.54) is 38.0 Å². The van der Waals surface area contributed by atoms with Gasteiger partial charge in [0.1, 0.15) is 27.1 Å². The average molecular weight is 713 g/mol. The molecule has 2 atom stereocenters. The summed E-state index contributed by atoms with van der Waals surface area (Å²) in [5, 5.41) is 12.2. The largest absolute Gasteiger partial charge is 0.619 e. The number of aromatic nitrogens is 1. The molecule has 0 aliphatic carbocycles. The van der Waals surface area contributed by atoms with Crippen LogP contribution in [0, 0.1) is 11.1 Å². The van der Waals surface area contributed by atoms with E-state index in [0.717, 1.165) is 37.4 Å². The normalized spacial score (nSPS) is 19.0. The molecule has 2 aromatic heterocycles. The topological polar surface area (TPSA) is 104 Å². The van der Waals surface area contributed by atoms with E-state index in [2.05, 4.69) is 4.90 Å². The summed E-state index contributed by atoms with van der Waals surface area (Å²) >= 11 is 14.0. The highest BCUT2D eigenvalue weighted by molar-refractivity contribution is 7.14. The van der Waals surface area contributed by atoms with Gasteiger partial charge in [-0.3, -0.25) is 9.80 Å². The van der Waals surface area contributed by atoms with Gasteiger partial charge in [0.05, 0.1) is 20.8 Å². The maximum absolute atomic E-state index is 13.7. The van der Waals surface area contributed by atoms with Gasteiger partial charge in [0.15, 0.2) is 23.9 Å². The third-order valence-electron chi connectivity index (χ3n) is 8.79. The van der Waals surface area contributed by atoms with Crippen LogP contribution in [-0.2, 0) is 22.4 Å². The molecule has 1 amide bonds. The summed E-state index contributed by atoms with van der Waals surface area (Å²) in [7, 11) is 3.04. The van der Waals surface area contributed by atoms with E-state index in [4.69, 9.17) is 42.1 Å². The van der Waals surface area contributed by atoms with Crippen LogP contribution < -0.4 is 19.1 Å². The summed E-state index contributed by atoms with van der Waals surface area (Å²) in [5.41, 5.74) is 1.75. The molecule has 0 radical (unpaired) electrons. The monoisotopic (exact) mass is 711 g/mol. The number of benzene rings is 2. The van der Waals surface area contributed by atoms with Crippen LogP contribution >= 0.6 is 34.5 Å². The number of methoxy groups -OCH3 is 2. The quantitative estimate of drug-likeness (QED) is 0.0924. The molecule has 2 aromatic carbocycles. The van der Waals surface area contributed by atoms with Crippen molar-refractivity contribution in [3.63, 3.8) is 0 Å². The SMILES string of the molecule is COc1ccc(C(Cc2c(Cl)c[n+]([O-])cc2Cl)OC(=O)c2ccc(CN(C(=O)O[C@H]3CN4CCC3CC4)c3ccccc3)s2)cc1OC. The van der Waals surface area contributed by atoms with Crippen molar-refractivity contribution in [1.82, 2.24) is 4.90 Å². The third-order valence-corrected chi connectivity index (χ3v) is 10.5. The van der Waals surface area contributed by atoms with E-state index in [9.17, 15) is 14.8 Å². The Balaban J connectivity index is 1.22. The van der Waals surface area contributed by atoms with Crippen LogP contribution in [0.15, 0.2) is 73.1 Å². The number of para-hydroxylation sites is 1. The Morgan fingerprint density at radius 1 is 1.00 bits per heavy atom. The van der Waals surface area contributed by atoms with Crippen LogP contribution in [0.1, 0.15) is 44.6 Å². The second-order valence-corrected chi connectivity index (χ2v) is 13.7. The number of ether oxygens (including phenoxy) is 4. The van der Waals surface area contributed by atoms with E-state index in [0.29, 0.717) is 43.8 Å². The Morgan fingerprint density at radius 3 is 2.35 bits per heavy atom. The summed E-state index contributed by atoms with van der Waals surface area (Å²) < 4.78 is 23.5. The number of carbonyl (C=O) groups is 2. The summed E-state index contributed by atoms with van der Waals surface area (Å²) in [4.78, 5) is 32.3. The number of halogens is 2. The van der Waals surface area contributed by atoms with E-state index in [-0.39, 0.29) is 29.1 Å². The second-order valence-electron chi connectivity index (χ2n) is 11.8. The molecule has 3 aliphatic heterocycles. The van der Waals surface area contributed by atoms with Crippen molar-refractivity contribution in [2.75, 3.05) is 38.8 Å². The molecule has 0 N–H and O–H groups in total. The van der Waals surface area contributed by atoms with E-state index >= 15 is 0 Å². The van der Waals surface area contributed by atoms with Crippen molar-refractivity contribution in [2.24, 2.45) is 5.92 Å². The second kappa shape index (κ2) is 15.0. The molecule has 3 fully saturated rings. The molecule has 13 heteroatoms. The maximum Gasteiger partial charge on any atom is 0.414 e. The van der Waals surface area contributed by atoms with Crippen molar-refractivity contribution in [1.29, 1.82) is 0 Å². The maximum atomic E-state index is 13.7. The molecular weight excluding hydrogens is 677 g/mol. The van der Waals surface area contributed by atoms with Crippen LogP contribution in [0.5, 0.6) is 11.5 Å². The highest BCUT2D eigenvalue weighted by atomic mass is 35.5. The van der Waals surface area contributed by atoms with Gasteiger partial charge in [-0.15, -0.1) is 11.3 Å². The van der Waals surface area contributed by atoms with E-state index in [1.807, 2.05) is 36.4 Å². The van der Waals surface area contributed by atoms with Gasteiger partial charge in [-0.1, -0.05) is 47.5 Å². The molecule has 3 aliphatic rings. The molecule has 3 saturated heterocycles. The molecule has 1 unspecified atom stereocenters. The Morgan fingerprint density at radius 2 is 1.71 bits per heavy atom. The van der Waals surface area contributed by atoms with Gasteiger partial charge >= 0.3 is 12.1 Å². The van der Waals surface area contributed by atoms with Crippen molar-refractivity contribution >= 4 is 52.3 Å². The Hall–Kier alpha value is -4.03. The smallest absolute Gasteiger partial charge is 0.414 e. The predicted molar refractivity (Wildman–Crippen MR) is 183 cm³/mol. The number of piperidine rings is 3. The number of thiophene rings is 1. The number of hydrogen-bond donors (Lipinski definition) is 0. The molecule has 0 saturated carbocycles. The fraction of sp³-hybridized carbons (Fsp3) is 0.343. The fourth-order valence-corrected chi connectivity index (χ4v) is 7.69. The molecule has 252 valence electrons. The zero-order valence-electron chi connectivity index (χ0n) is 26.5. The minimum absolute atomic E-state index is 0.0885. The first-order chi connectivity index (χ1) is 23.2. The molecule has 48 heavy (non-hydrogen) atoms. The molecule has 2 bridgehead atoms. The van der Waals surface area contributed by atoms with Crippen LogP contribution in [-0.4, -0.2) is 56.9 Å². The van der Waals surface area contributed by atoms with Gasteiger partial charge in [0.2, 0.25) is 0 Å². The van der Waals surface area contributed by atoms with Crippen LogP contribution in [0.3, 0.4) is 0 Å². The highest BCUT2D eigenvalue weighted by Gasteiger charge is 2.37. The number of rotatable bonds is 11. The number of hydrogen-bond acceptors (Lipinski definition) is 9. The van der Waals surface area contributed by atoms with Gasteiger partial charge in [0, 0.05) is 29.1 Å². The number of amides is 1. The third kappa shape index (κ3) is 7.65. The van der Waals surface area contributed by atoms with Gasteiger partial charge in [-0.25, -0.2) is 9.59 Å². The number of fused-ring (bicyclic) bond motifs is 3. The molecular formula is C35H35Cl2N3O7S. The molecule has 5 heterocycles. The zero-order valence-corrected chi connectivity index (χ0v) is 28.8. The van der Waals surface area contributed by atoms with Crippen molar-refractivity contribution in [3.8, 4) is 11.5 Å². The molecule has 7 rings (SSSR count). The van der Waals surface area contributed by atoms with Crippen molar-refractivity contribution in [2.45, 2.75) is 38.0 Å². The summed E-state index contributed by atoms with van der Waals surface area (Å²) in [5.74, 6) is 0.755. The number of nitrogens with zero attached hydrogens (tertiary/aromatic N) is 3. The van der Waals surface area contributed by atoms with Crippen LogP contribution in [0.4, 0.5) is 10.5 Å². The summed E-state index contributed by atoms with van der Waals surface area (Å²) in [6, 6.07) is 18.0. The van der Waals surface area contributed by atoms with Crippen molar-refractivity contribution < 1.29 is 33.3 Å². The van der Waals surface area contributed by atoms with E-state index in [1.54, 1.807) is 29.2 Å². The predicted octanol–water partition coefficient (Wildman–Crippen LogP) is 7.08. The van der Waals surface area contributed by atoms with Crippen LogP contribution in [0.25, 0.3) is 0 Å². The first-order valence-electron chi connectivity index (χ1n) is 15.6. The minimum Gasteiger partial charge on any atom is -0.619 e. The first kappa shape index (κ1) is 33.9. The lowest BCUT2D eigenvalue weighted by atomic mass is 9.86. The van der Waals surface area contributed by atoms with E-state index < -0.39 is 18.2 Å². The summed E-state index contributed by atoms with van der Waals surface area (Å²) in [6.45, 7) is 3.07. The molecule has 4 aromatic rings. The Kier molecular flexibility index (Phi) is 10.6. The number of esters is 1. The zero-order chi connectivity index (χ0) is 33.8. The van der Waals surface area contributed by atoms with Crippen LogP contribution in [0.2, 0.25) is 10.0 Å². The lowest BCUT2D eigenvalue weighted by molar-refractivity contribution is -0.605. The number of anilines is 1. The molecule has 0 spiro atoms. The lowest BCUT2D eigenvalue weighted by Gasteiger charge is -2.44. The fourth-order valence-electron chi connectivity index (χ4n) is 6.21. The highest BCUT2D eigenvalue weighted by Crippen LogP contribution is 2.36. The summed E-state index contributed by atoms with van der Waals surface area (Å²) in [6.07, 6.45) is 3.14. The first-order valence-corrected chi connectivity index (χ1v) is 17.1.